The molecule has 3 heterocycles. The Morgan fingerprint density at radius 3 is 2.50 bits per heavy atom. The van der Waals surface area contributed by atoms with Crippen molar-refractivity contribution in [2.45, 2.75) is 51.3 Å². The maximum Gasteiger partial charge on any atom is 0.410 e. The highest BCUT2D eigenvalue weighted by atomic mass is 16.6. The molecule has 0 saturated carbocycles. The van der Waals surface area contributed by atoms with Crippen LogP contribution in [0.2, 0.25) is 0 Å². The third kappa shape index (κ3) is 3.69. The summed E-state index contributed by atoms with van der Waals surface area (Å²) in [6.07, 6.45) is 8.59. The van der Waals surface area contributed by atoms with Crippen LogP contribution in [0.3, 0.4) is 0 Å². The number of carbonyl (C=O) groups is 1. The van der Waals surface area contributed by atoms with Crippen LogP contribution in [-0.4, -0.2) is 57.9 Å². The molecule has 2 bridgehead atoms. The van der Waals surface area contributed by atoms with Crippen molar-refractivity contribution >= 4 is 24.1 Å². The molecule has 2 fully saturated rings. The van der Waals surface area contributed by atoms with Gasteiger partial charge >= 0.3 is 6.09 Å². The van der Waals surface area contributed by atoms with Gasteiger partial charge in [-0.3, -0.25) is 4.90 Å². The first-order valence-electron chi connectivity index (χ1n) is 9.10. The maximum atomic E-state index is 12.6. The van der Waals surface area contributed by atoms with Crippen LogP contribution in [0.5, 0.6) is 0 Å². The molecule has 2 unspecified atom stereocenters. The van der Waals surface area contributed by atoms with Crippen LogP contribution in [0.4, 0.5) is 4.79 Å². The number of H-pyrrole nitrogens is 1. The number of rotatable bonds is 4. The Labute approximate surface area is 155 Å². The van der Waals surface area contributed by atoms with E-state index in [9.17, 15) is 4.79 Å². The molecule has 2 N–H and O–H groups in total. The number of carbonyl (C=O) groups excluding carboxylic acids is 1. The van der Waals surface area contributed by atoms with E-state index in [0.29, 0.717) is 0 Å². The average molecular weight is 356 g/mol. The number of nitrogens with zero attached hydrogens (tertiary/aromatic N) is 2. The number of ether oxygens (including phenoxy) is 1. The molecule has 1 amide bonds. The second-order valence-electron chi connectivity index (χ2n) is 7.95. The predicted molar refractivity (Wildman–Crippen MR) is 104 cm³/mol. The lowest BCUT2D eigenvalue weighted by Crippen LogP contribution is -2.56. The van der Waals surface area contributed by atoms with E-state index in [1.54, 1.807) is 12.2 Å². The van der Waals surface area contributed by atoms with Crippen molar-refractivity contribution < 1.29 is 9.53 Å². The minimum atomic E-state index is -0.482. The van der Waals surface area contributed by atoms with E-state index < -0.39 is 5.60 Å². The van der Waals surface area contributed by atoms with Crippen LogP contribution < -0.4 is 0 Å². The van der Waals surface area contributed by atoms with Gasteiger partial charge in [0.05, 0.1) is 23.5 Å². The minimum absolute atomic E-state index is 0.145. The van der Waals surface area contributed by atoms with Crippen LogP contribution in [0.1, 0.15) is 44.9 Å². The molecule has 1 aromatic heterocycles. The first-order chi connectivity index (χ1) is 12.3. The van der Waals surface area contributed by atoms with Crippen molar-refractivity contribution in [3.63, 3.8) is 0 Å². The number of aromatic nitrogens is 1. The summed E-state index contributed by atoms with van der Waals surface area (Å²) in [5.74, 6) is 0. The molecule has 2 aliphatic heterocycles. The molecule has 0 aromatic carbocycles. The highest BCUT2D eigenvalue weighted by molar-refractivity contribution is 5.82. The molecule has 2 saturated heterocycles. The summed E-state index contributed by atoms with van der Waals surface area (Å²) in [6, 6.07) is 2.32. The lowest BCUT2D eigenvalue weighted by molar-refractivity contribution is 0.00193. The van der Waals surface area contributed by atoms with Crippen LogP contribution in [0.15, 0.2) is 24.9 Å². The third-order valence-electron chi connectivity index (χ3n) is 4.89. The number of amides is 1. The monoisotopic (exact) mass is 356 g/mol. The number of allylic oxidation sites excluding steroid dienone is 1. The van der Waals surface area contributed by atoms with Crippen molar-refractivity contribution in [1.82, 2.24) is 14.8 Å². The Kier molecular flexibility index (Phi) is 4.94. The zero-order chi connectivity index (χ0) is 18.9. The molecule has 6 nitrogen and oxygen atoms in total. The number of nitrogens with one attached hydrogen (secondary N) is 2. The number of hydrogen-bond acceptors (Lipinski definition) is 4. The van der Waals surface area contributed by atoms with Crippen molar-refractivity contribution in [3.05, 3.63) is 36.2 Å². The van der Waals surface area contributed by atoms with Crippen LogP contribution in [0, 0.1) is 5.41 Å². The van der Waals surface area contributed by atoms with Gasteiger partial charge < -0.3 is 20.0 Å². The standard InChI is InChI=1S/C20H28N4O2/c1-5-14-10-17(22-11-14)18(8-9-21)23-12-15-6-7-16(13-23)24(15)19(25)26-20(2,3)4/h5,8-11,15-16,21-22H,1,6-7,12-13H2,2-4H3/b18-8+,21-9?. The second-order valence-corrected chi connectivity index (χ2v) is 7.95. The molecular weight excluding hydrogens is 328 g/mol. The predicted octanol–water partition coefficient (Wildman–Crippen LogP) is 3.73. The zero-order valence-corrected chi connectivity index (χ0v) is 15.8. The molecule has 0 spiro atoms. The van der Waals surface area contributed by atoms with Crippen LogP contribution in [0.25, 0.3) is 11.8 Å². The topological polar surface area (TPSA) is 72.4 Å². The van der Waals surface area contributed by atoms with Gasteiger partial charge in [0.15, 0.2) is 0 Å². The fourth-order valence-corrected chi connectivity index (χ4v) is 3.83. The van der Waals surface area contributed by atoms with E-state index in [0.717, 1.165) is 42.9 Å². The van der Waals surface area contributed by atoms with Gasteiger partial charge in [0, 0.05) is 25.5 Å². The Hall–Kier alpha value is -2.50. The highest BCUT2D eigenvalue weighted by Gasteiger charge is 2.44. The number of piperazine rings is 1. The summed E-state index contributed by atoms with van der Waals surface area (Å²) in [6.45, 7) is 11.0. The molecule has 6 heteroatoms. The van der Waals surface area contributed by atoms with Crippen LogP contribution in [-0.2, 0) is 4.74 Å². The van der Waals surface area contributed by atoms with Gasteiger partial charge in [-0.2, -0.15) is 0 Å². The SMILES string of the molecule is C=Cc1c[nH]c(/C(=C\C=N)N2CC3CCC(C2)N3C(=O)OC(C)(C)C)c1. The molecule has 2 atom stereocenters. The smallest absolute Gasteiger partial charge is 0.410 e. The maximum absolute atomic E-state index is 12.6. The lowest BCUT2D eigenvalue weighted by Gasteiger charge is -2.42. The van der Waals surface area contributed by atoms with Crippen molar-refractivity contribution in [2.24, 2.45) is 0 Å². The second kappa shape index (κ2) is 7.02. The third-order valence-corrected chi connectivity index (χ3v) is 4.89. The van der Waals surface area contributed by atoms with E-state index in [-0.39, 0.29) is 18.2 Å². The molecule has 1 aromatic rings. The molecule has 2 aliphatic rings. The quantitative estimate of drug-likeness (QED) is 0.808. The van der Waals surface area contributed by atoms with E-state index in [1.807, 2.05) is 37.9 Å². The van der Waals surface area contributed by atoms with Gasteiger partial charge in [-0.05, 0) is 51.3 Å². The summed E-state index contributed by atoms with van der Waals surface area (Å²) in [5, 5.41) is 7.53. The molecule has 3 rings (SSSR count). The Balaban J connectivity index is 1.78. The largest absolute Gasteiger partial charge is 0.444 e. The van der Waals surface area contributed by atoms with Gasteiger partial charge in [-0.25, -0.2) is 4.79 Å². The van der Waals surface area contributed by atoms with Gasteiger partial charge in [0.2, 0.25) is 0 Å². The van der Waals surface area contributed by atoms with E-state index in [1.165, 1.54) is 6.21 Å². The van der Waals surface area contributed by atoms with Crippen LogP contribution >= 0.6 is 0 Å². The summed E-state index contributed by atoms with van der Waals surface area (Å²) in [7, 11) is 0. The van der Waals surface area contributed by atoms with Crippen molar-refractivity contribution in [3.8, 4) is 0 Å². The number of hydrogen-bond donors (Lipinski definition) is 2. The average Bonchev–Trinajstić information content (AvgIpc) is 3.13. The Bertz CT molecular complexity index is 714. The van der Waals surface area contributed by atoms with Crippen molar-refractivity contribution in [1.29, 1.82) is 5.41 Å². The summed E-state index contributed by atoms with van der Waals surface area (Å²) < 4.78 is 5.60. The molecular formula is C20H28N4O2. The van der Waals surface area contributed by atoms with E-state index in [2.05, 4.69) is 16.5 Å². The van der Waals surface area contributed by atoms with Gasteiger partial charge in [-0.15, -0.1) is 0 Å². The highest BCUT2D eigenvalue weighted by Crippen LogP contribution is 2.35. The number of likely N-dealkylation sites (tertiary alicyclic amines) is 1. The lowest BCUT2D eigenvalue weighted by atomic mass is 10.1. The first-order valence-corrected chi connectivity index (χ1v) is 9.10. The van der Waals surface area contributed by atoms with Crippen molar-refractivity contribution in [2.75, 3.05) is 13.1 Å². The summed E-state index contributed by atoms with van der Waals surface area (Å²) >= 11 is 0. The zero-order valence-electron chi connectivity index (χ0n) is 15.8. The van der Waals surface area contributed by atoms with E-state index in [4.69, 9.17) is 10.1 Å². The fraction of sp³-hybridized carbons (Fsp3) is 0.500. The summed E-state index contributed by atoms with van der Waals surface area (Å²) in [5.41, 5.74) is 2.48. The molecule has 140 valence electrons. The fourth-order valence-electron chi connectivity index (χ4n) is 3.83. The normalized spacial score (nSPS) is 23.1. The Morgan fingerprint density at radius 1 is 1.35 bits per heavy atom. The molecule has 26 heavy (non-hydrogen) atoms. The Morgan fingerprint density at radius 2 is 2.00 bits per heavy atom. The first kappa shape index (κ1) is 18.3. The van der Waals surface area contributed by atoms with E-state index >= 15 is 0 Å². The van der Waals surface area contributed by atoms with Gasteiger partial charge in [0.1, 0.15) is 5.60 Å². The number of aromatic amines is 1. The minimum Gasteiger partial charge on any atom is -0.444 e. The number of fused-ring (bicyclic) bond motifs is 2. The molecule has 0 aliphatic carbocycles. The van der Waals surface area contributed by atoms with Gasteiger partial charge in [-0.1, -0.05) is 12.7 Å². The van der Waals surface area contributed by atoms with Gasteiger partial charge in [0.25, 0.3) is 0 Å². The summed E-state index contributed by atoms with van der Waals surface area (Å²) in [4.78, 5) is 20.1. The molecule has 0 radical (unpaired) electrons.